The van der Waals surface area contributed by atoms with Crippen molar-refractivity contribution in [3.63, 3.8) is 0 Å². The molecule has 0 atom stereocenters. The topological polar surface area (TPSA) is 64.3 Å². The molecule has 0 aliphatic rings. The first-order chi connectivity index (χ1) is 9.11. The molecule has 0 saturated carbocycles. The quantitative estimate of drug-likeness (QED) is 0.495. The standard InChI is InChI=1S/C14H13IN2O2/c1-19-14(18)9-6-7-13(11(16)8-9)17-12-5-3-2-4-10(12)15/h2-8,17H,16H2,1H3. The van der Waals surface area contributed by atoms with Crippen molar-refractivity contribution >= 4 is 45.6 Å². The molecule has 0 radical (unpaired) electrons. The van der Waals surface area contributed by atoms with E-state index in [9.17, 15) is 4.79 Å². The summed E-state index contributed by atoms with van der Waals surface area (Å²) in [6.07, 6.45) is 0. The number of para-hydroxylation sites is 1. The highest BCUT2D eigenvalue weighted by Gasteiger charge is 2.08. The zero-order valence-electron chi connectivity index (χ0n) is 10.3. The van der Waals surface area contributed by atoms with Gasteiger partial charge in [0.05, 0.1) is 29.7 Å². The predicted molar refractivity (Wildman–Crippen MR) is 84.6 cm³/mol. The molecule has 2 rings (SSSR count). The van der Waals surface area contributed by atoms with Gasteiger partial charge in [-0.25, -0.2) is 4.79 Å². The van der Waals surface area contributed by atoms with Crippen LogP contribution < -0.4 is 11.1 Å². The lowest BCUT2D eigenvalue weighted by Crippen LogP contribution is -2.04. The van der Waals surface area contributed by atoms with Crippen LogP contribution in [0.25, 0.3) is 0 Å². The van der Waals surface area contributed by atoms with Crippen molar-refractivity contribution < 1.29 is 9.53 Å². The lowest BCUT2D eigenvalue weighted by molar-refractivity contribution is 0.0601. The number of hydrogen-bond donors (Lipinski definition) is 2. The molecule has 3 N–H and O–H groups in total. The largest absolute Gasteiger partial charge is 0.465 e. The summed E-state index contributed by atoms with van der Waals surface area (Å²) in [4.78, 5) is 11.4. The van der Waals surface area contributed by atoms with E-state index in [0.717, 1.165) is 14.9 Å². The molecule has 0 bridgehead atoms. The average molecular weight is 368 g/mol. The first kappa shape index (κ1) is 13.7. The van der Waals surface area contributed by atoms with Crippen LogP contribution in [0.5, 0.6) is 0 Å². The van der Waals surface area contributed by atoms with E-state index >= 15 is 0 Å². The number of nitrogen functional groups attached to an aromatic ring is 1. The highest BCUT2D eigenvalue weighted by atomic mass is 127. The van der Waals surface area contributed by atoms with E-state index in [1.54, 1.807) is 18.2 Å². The van der Waals surface area contributed by atoms with Gasteiger partial charge < -0.3 is 15.8 Å². The number of rotatable bonds is 3. The molecule has 5 heteroatoms. The number of nitrogens with one attached hydrogen (secondary N) is 1. The number of esters is 1. The molecule has 0 saturated heterocycles. The van der Waals surface area contributed by atoms with Gasteiger partial charge in [-0.3, -0.25) is 0 Å². The summed E-state index contributed by atoms with van der Waals surface area (Å²) in [5.41, 5.74) is 8.61. The SMILES string of the molecule is COC(=O)c1ccc(Nc2ccccc2I)c(N)c1. The maximum absolute atomic E-state index is 11.4. The molecule has 0 unspecified atom stereocenters. The number of benzene rings is 2. The van der Waals surface area contributed by atoms with Gasteiger partial charge in [0.1, 0.15) is 0 Å². The monoisotopic (exact) mass is 368 g/mol. The minimum Gasteiger partial charge on any atom is -0.465 e. The van der Waals surface area contributed by atoms with Crippen LogP contribution in [0.15, 0.2) is 42.5 Å². The Morgan fingerprint density at radius 3 is 2.58 bits per heavy atom. The molecule has 0 amide bonds. The predicted octanol–water partition coefficient (Wildman–Crippen LogP) is 3.40. The summed E-state index contributed by atoms with van der Waals surface area (Å²) in [6, 6.07) is 12.9. The van der Waals surface area contributed by atoms with Gasteiger partial charge in [-0.2, -0.15) is 0 Å². The van der Waals surface area contributed by atoms with E-state index in [1.807, 2.05) is 24.3 Å². The molecule has 2 aromatic rings. The summed E-state index contributed by atoms with van der Waals surface area (Å²) in [5, 5.41) is 3.24. The molecule has 0 aromatic heterocycles. The number of ether oxygens (including phenoxy) is 1. The van der Waals surface area contributed by atoms with Gasteiger partial charge in [-0.05, 0) is 52.9 Å². The molecule has 19 heavy (non-hydrogen) atoms. The molecule has 0 heterocycles. The molecule has 4 nitrogen and oxygen atoms in total. The fourth-order valence-corrected chi connectivity index (χ4v) is 2.15. The van der Waals surface area contributed by atoms with Crippen LogP contribution in [-0.2, 0) is 4.74 Å². The molecular formula is C14H13IN2O2. The van der Waals surface area contributed by atoms with Gasteiger partial charge in [0.15, 0.2) is 0 Å². The van der Waals surface area contributed by atoms with E-state index < -0.39 is 5.97 Å². The van der Waals surface area contributed by atoms with E-state index in [-0.39, 0.29) is 0 Å². The second-order valence-electron chi connectivity index (χ2n) is 3.90. The van der Waals surface area contributed by atoms with Gasteiger partial charge in [0, 0.05) is 3.57 Å². The van der Waals surface area contributed by atoms with E-state index in [0.29, 0.717) is 11.3 Å². The number of nitrogens with two attached hydrogens (primary N) is 1. The normalized spacial score (nSPS) is 10.0. The number of carbonyl (C=O) groups is 1. The Hall–Kier alpha value is -1.76. The summed E-state index contributed by atoms with van der Waals surface area (Å²) in [6.45, 7) is 0. The molecule has 0 aliphatic heterocycles. The number of methoxy groups -OCH3 is 1. The average Bonchev–Trinajstić information content (AvgIpc) is 2.42. The molecule has 2 aromatic carbocycles. The molecule has 0 aliphatic carbocycles. The summed E-state index contributed by atoms with van der Waals surface area (Å²) in [7, 11) is 1.34. The van der Waals surface area contributed by atoms with Crippen LogP contribution in [0.1, 0.15) is 10.4 Å². The van der Waals surface area contributed by atoms with Crippen molar-refractivity contribution in [2.75, 3.05) is 18.2 Å². The maximum atomic E-state index is 11.4. The molecule has 98 valence electrons. The van der Waals surface area contributed by atoms with Gasteiger partial charge in [0.2, 0.25) is 0 Å². The number of anilines is 3. The Bertz CT molecular complexity index is 614. The maximum Gasteiger partial charge on any atom is 0.337 e. The zero-order chi connectivity index (χ0) is 13.8. The second kappa shape index (κ2) is 5.92. The summed E-state index contributed by atoms with van der Waals surface area (Å²) < 4.78 is 5.75. The molecule has 0 fully saturated rings. The van der Waals surface area contributed by atoms with Gasteiger partial charge in [0.25, 0.3) is 0 Å². The number of hydrogen-bond acceptors (Lipinski definition) is 4. The van der Waals surface area contributed by atoms with Crippen molar-refractivity contribution in [1.82, 2.24) is 0 Å². The van der Waals surface area contributed by atoms with E-state index in [4.69, 9.17) is 5.73 Å². The first-order valence-corrected chi connectivity index (χ1v) is 6.69. The van der Waals surface area contributed by atoms with Crippen LogP contribution in [0.4, 0.5) is 17.1 Å². The smallest absolute Gasteiger partial charge is 0.337 e. The van der Waals surface area contributed by atoms with Crippen LogP contribution in [-0.4, -0.2) is 13.1 Å². The third kappa shape index (κ3) is 3.17. The Labute approximate surface area is 125 Å². The minimum atomic E-state index is -0.396. The van der Waals surface area contributed by atoms with Crippen molar-refractivity contribution in [2.24, 2.45) is 0 Å². The van der Waals surface area contributed by atoms with E-state index in [1.165, 1.54) is 7.11 Å². The first-order valence-electron chi connectivity index (χ1n) is 5.61. The summed E-state index contributed by atoms with van der Waals surface area (Å²) >= 11 is 2.24. The van der Waals surface area contributed by atoms with Gasteiger partial charge in [-0.15, -0.1) is 0 Å². The van der Waals surface area contributed by atoms with Crippen molar-refractivity contribution in [2.45, 2.75) is 0 Å². The van der Waals surface area contributed by atoms with Crippen molar-refractivity contribution in [3.05, 3.63) is 51.6 Å². The third-order valence-corrected chi connectivity index (χ3v) is 3.56. The Morgan fingerprint density at radius 2 is 1.95 bits per heavy atom. The Balaban J connectivity index is 2.27. The fraction of sp³-hybridized carbons (Fsp3) is 0.0714. The summed E-state index contributed by atoms with van der Waals surface area (Å²) in [5.74, 6) is -0.396. The van der Waals surface area contributed by atoms with E-state index in [2.05, 4.69) is 32.6 Å². The van der Waals surface area contributed by atoms with Gasteiger partial charge >= 0.3 is 5.97 Å². The van der Waals surface area contributed by atoms with Crippen LogP contribution in [0.2, 0.25) is 0 Å². The van der Waals surface area contributed by atoms with Crippen LogP contribution in [0, 0.1) is 3.57 Å². The molecular weight excluding hydrogens is 355 g/mol. The van der Waals surface area contributed by atoms with Crippen LogP contribution >= 0.6 is 22.6 Å². The molecule has 0 spiro atoms. The lowest BCUT2D eigenvalue weighted by Gasteiger charge is -2.11. The minimum absolute atomic E-state index is 0.396. The number of carbonyl (C=O) groups excluding carboxylic acids is 1. The van der Waals surface area contributed by atoms with Crippen molar-refractivity contribution in [3.8, 4) is 0 Å². The van der Waals surface area contributed by atoms with Gasteiger partial charge in [-0.1, -0.05) is 12.1 Å². The highest BCUT2D eigenvalue weighted by Crippen LogP contribution is 2.27. The Kier molecular flexibility index (Phi) is 4.26. The highest BCUT2D eigenvalue weighted by molar-refractivity contribution is 14.1. The Morgan fingerprint density at radius 1 is 1.21 bits per heavy atom. The third-order valence-electron chi connectivity index (χ3n) is 2.62. The van der Waals surface area contributed by atoms with Crippen molar-refractivity contribution in [1.29, 1.82) is 0 Å². The van der Waals surface area contributed by atoms with Crippen LogP contribution in [0.3, 0.4) is 0 Å². The second-order valence-corrected chi connectivity index (χ2v) is 5.06. The zero-order valence-corrected chi connectivity index (χ0v) is 12.5. The fourth-order valence-electron chi connectivity index (χ4n) is 1.63. The lowest BCUT2D eigenvalue weighted by atomic mass is 10.1. The number of halogens is 1.